The molecule has 0 aromatic heterocycles. The highest BCUT2D eigenvalue weighted by Gasteiger charge is 2.13. The Hall–Kier alpha value is -4.00. The maximum absolute atomic E-state index is 12.9. The van der Waals surface area contributed by atoms with Crippen molar-refractivity contribution >= 4 is 23.3 Å². The molecule has 0 heterocycles. The van der Waals surface area contributed by atoms with Crippen molar-refractivity contribution in [1.82, 2.24) is 0 Å². The van der Waals surface area contributed by atoms with Gasteiger partial charge in [-0.1, -0.05) is 6.07 Å². The van der Waals surface area contributed by atoms with Gasteiger partial charge in [-0.2, -0.15) is 0 Å². The van der Waals surface area contributed by atoms with Crippen LogP contribution in [0.3, 0.4) is 0 Å². The van der Waals surface area contributed by atoms with E-state index in [4.69, 9.17) is 9.47 Å². The number of carbonyl (C=O) groups excluding carboxylic acids is 3. The van der Waals surface area contributed by atoms with Gasteiger partial charge in [0, 0.05) is 16.8 Å². The maximum Gasteiger partial charge on any atom is 0.338 e. The van der Waals surface area contributed by atoms with Crippen LogP contribution in [0.1, 0.15) is 31.1 Å². The molecule has 0 radical (unpaired) electrons. The minimum atomic E-state index is -0.684. The molecule has 152 valence electrons. The molecule has 0 aliphatic carbocycles. The van der Waals surface area contributed by atoms with Gasteiger partial charge in [0.2, 0.25) is 0 Å². The van der Waals surface area contributed by atoms with Crippen LogP contribution in [0.5, 0.6) is 5.75 Å². The van der Waals surface area contributed by atoms with Gasteiger partial charge in [-0.25, -0.2) is 9.18 Å². The number of hydrogen-bond acceptors (Lipinski definition) is 5. The minimum Gasteiger partial charge on any atom is -0.497 e. The lowest BCUT2D eigenvalue weighted by atomic mass is 10.1. The second-order valence-electron chi connectivity index (χ2n) is 6.27. The van der Waals surface area contributed by atoms with Crippen molar-refractivity contribution in [3.8, 4) is 5.75 Å². The Bertz CT molecular complexity index is 1060. The van der Waals surface area contributed by atoms with Gasteiger partial charge in [0.05, 0.1) is 12.7 Å². The van der Waals surface area contributed by atoms with E-state index >= 15 is 0 Å². The third kappa shape index (κ3) is 5.29. The number of hydrogen-bond donors (Lipinski definition) is 1. The van der Waals surface area contributed by atoms with E-state index in [0.29, 0.717) is 17.0 Å². The van der Waals surface area contributed by atoms with Gasteiger partial charge in [-0.15, -0.1) is 0 Å². The third-order valence-electron chi connectivity index (χ3n) is 4.21. The van der Waals surface area contributed by atoms with Crippen LogP contribution < -0.4 is 10.1 Å². The summed E-state index contributed by atoms with van der Waals surface area (Å²) >= 11 is 0. The Morgan fingerprint density at radius 2 is 1.53 bits per heavy atom. The standard InChI is InChI=1S/C23H18FNO5/c1-29-20-4-2-3-17(13-20)22(27)25-19-11-7-16(8-12-19)23(28)30-14-21(26)15-5-9-18(24)10-6-15/h2-13H,14H2,1H3,(H,25,27). The van der Waals surface area contributed by atoms with E-state index in [1.54, 1.807) is 36.4 Å². The summed E-state index contributed by atoms with van der Waals surface area (Å²) in [7, 11) is 1.52. The van der Waals surface area contributed by atoms with E-state index in [9.17, 15) is 18.8 Å². The molecule has 0 atom stereocenters. The van der Waals surface area contributed by atoms with Gasteiger partial charge >= 0.3 is 5.97 Å². The topological polar surface area (TPSA) is 81.7 Å². The number of esters is 1. The summed E-state index contributed by atoms with van der Waals surface area (Å²) in [5.74, 6) is -1.34. The Balaban J connectivity index is 1.56. The lowest BCUT2D eigenvalue weighted by Crippen LogP contribution is -2.15. The van der Waals surface area contributed by atoms with E-state index in [1.807, 2.05) is 0 Å². The first-order chi connectivity index (χ1) is 14.5. The molecule has 0 unspecified atom stereocenters. The Morgan fingerprint density at radius 1 is 0.867 bits per heavy atom. The third-order valence-corrected chi connectivity index (χ3v) is 4.21. The largest absolute Gasteiger partial charge is 0.497 e. The molecular weight excluding hydrogens is 389 g/mol. The first-order valence-electron chi connectivity index (χ1n) is 8.97. The number of carbonyl (C=O) groups is 3. The molecule has 0 spiro atoms. The lowest BCUT2D eigenvalue weighted by Gasteiger charge is -2.08. The second-order valence-corrected chi connectivity index (χ2v) is 6.27. The predicted molar refractivity (Wildman–Crippen MR) is 108 cm³/mol. The summed E-state index contributed by atoms with van der Waals surface area (Å²) in [6.45, 7) is -0.460. The number of Topliss-reactive ketones (excluding diaryl/α,β-unsaturated/α-hetero) is 1. The SMILES string of the molecule is COc1cccc(C(=O)Nc2ccc(C(=O)OCC(=O)c3ccc(F)cc3)cc2)c1. The fourth-order valence-electron chi connectivity index (χ4n) is 2.59. The molecular formula is C23H18FNO5. The number of methoxy groups -OCH3 is 1. The number of nitrogens with one attached hydrogen (secondary N) is 1. The monoisotopic (exact) mass is 407 g/mol. The highest BCUT2D eigenvalue weighted by Crippen LogP contribution is 2.16. The van der Waals surface area contributed by atoms with Gasteiger partial charge in [0.1, 0.15) is 11.6 Å². The molecule has 0 aliphatic heterocycles. The zero-order valence-corrected chi connectivity index (χ0v) is 16.1. The van der Waals surface area contributed by atoms with Crippen molar-refractivity contribution in [2.45, 2.75) is 0 Å². The second kappa shape index (κ2) is 9.47. The molecule has 0 saturated heterocycles. The number of anilines is 1. The average Bonchev–Trinajstić information content (AvgIpc) is 2.78. The number of rotatable bonds is 7. The first kappa shape index (κ1) is 20.7. The normalized spacial score (nSPS) is 10.2. The zero-order chi connectivity index (χ0) is 21.5. The maximum atomic E-state index is 12.9. The van der Waals surface area contributed by atoms with E-state index in [0.717, 1.165) is 12.1 Å². The van der Waals surface area contributed by atoms with Crippen molar-refractivity contribution in [2.75, 3.05) is 19.0 Å². The summed E-state index contributed by atoms with van der Waals surface area (Å²) in [5.41, 5.74) is 1.39. The van der Waals surface area contributed by atoms with Gasteiger partial charge in [-0.05, 0) is 66.7 Å². The molecule has 3 aromatic carbocycles. The van der Waals surface area contributed by atoms with Crippen LogP contribution >= 0.6 is 0 Å². The highest BCUT2D eigenvalue weighted by atomic mass is 19.1. The zero-order valence-electron chi connectivity index (χ0n) is 16.1. The summed E-state index contributed by atoms with van der Waals surface area (Å²) in [6.07, 6.45) is 0. The van der Waals surface area contributed by atoms with Gasteiger partial charge in [-0.3, -0.25) is 9.59 Å². The van der Waals surface area contributed by atoms with E-state index in [-0.39, 0.29) is 17.0 Å². The summed E-state index contributed by atoms with van der Waals surface area (Å²) in [5, 5.41) is 2.72. The van der Waals surface area contributed by atoms with Gasteiger partial charge in [0.15, 0.2) is 12.4 Å². The van der Waals surface area contributed by atoms with Crippen LogP contribution in [0.15, 0.2) is 72.8 Å². The van der Waals surface area contributed by atoms with Crippen LogP contribution in [-0.2, 0) is 4.74 Å². The summed E-state index contributed by atoms with van der Waals surface area (Å²) in [6, 6.07) is 17.7. The number of ether oxygens (including phenoxy) is 2. The molecule has 7 heteroatoms. The molecule has 3 rings (SSSR count). The Kier molecular flexibility index (Phi) is 6.54. The number of benzene rings is 3. The molecule has 0 bridgehead atoms. The number of ketones is 1. The van der Waals surface area contributed by atoms with Crippen molar-refractivity contribution in [3.05, 3.63) is 95.3 Å². The Morgan fingerprint density at radius 3 is 2.20 bits per heavy atom. The molecule has 0 fully saturated rings. The molecule has 1 N–H and O–H groups in total. The smallest absolute Gasteiger partial charge is 0.338 e. The van der Waals surface area contributed by atoms with Gasteiger partial charge in [0.25, 0.3) is 5.91 Å². The average molecular weight is 407 g/mol. The van der Waals surface area contributed by atoms with Crippen LogP contribution in [0.25, 0.3) is 0 Å². The van der Waals surface area contributed by atoms with E-state index < -0.39 is 24.2 Å². The van der Waals surface area contributed by atoms with Crippen LogP contribution in [-0.4, -0.2) is 31.4 Å². The Labute approximate surface area is 172 Å². The van der Waals surface area contributed by atoms with Crippen LogP contribution in [0, 0.1) is 5.82 Å². The van der Waals surface area contributed by atoms with Crippen molar-refractivity contribution < 1.29 is 28.2 Å². The number of halogens is 1. The molecule has 6 nitrogen and oxygen atoms in total. The molecule has 0 saturated carbocycles. The molecule has 0 aliphatic rings. The molecule has 3 aromatic rings. The number of amides is 1. The highest BCUT2D eigenvalue weighted by molar-refractivity contribution is 6.04. The van der Waals surface area contributed by atoms with E-state index in [1.165, 1.54) is 31.4 Å². The fourth-order valence-corrected chi connectivity index (χ4v) is 2.59. The lowest BCUT2D eigenvalue weighted by molar-refractivity contribution is 0.0474. The van der Waals surface area contributed by atoms with Crippen LogP contribution in [0.2, 0.25) is 0 Å². The fraction of sp³-hybridized carbons (Fsp3) is 0.0870. The van der Waals surface area contributed by atoms with Crippen molar-refractivity contribution in [3.63, 3.8) is 0 Å². The van der Waals surface area contributed by atoms with Crippen molar-refractivity contribution in [1.29, 1.82) is 0 Å². The predicted octanol–water partition coefficient (Wildman–Crippen LogP) is 4.13. The summed E-state index contributed by atoms with van der Waals surface area (Å²) in [4.78, 5) is 36.4. The quantitative estimate of drug-likeness (QED) is 0.471. The van der Waals surface area contributed by atoms with Crippen molar-refractivity contribution in [2.24, 2.45) is 0 Å². The van der Waals surface area contributed by atoms with Crippen LogP contribution in [0.4, 0.5) is 10.1 Å². The van der Waals surface area contributed by atoms with Gasteiger partial charge < -0.3 is 14.8 Å². The summed E-state index contributed by atoms with van der Waals surface area (Å²) < 4.78 is 23.0. The van der Waals surface area contributed by atoms with E-state index in [2.05, 4.69) is 5.32 Å². The molecule has 30 heavy (non-hydrogen) atoms. The first-order valence-corrected chi connectivity index (χ1v) is 8.97. The minimum absolute atomic E-state index is 0.223. The molecule has 1 amide bonds.